The van der Waals surface area contributed by atoms with Gasteiger partial charge in [-0.2, -0.15) is 0 Å². The van der Waals surface area contributed by atoms with Crippen molar-refractivity contribution in [2.24, 2.45) is 0 Å². The Bertz CT molecular complexity index is 644. The van der Waals surface area contributed by atoms with E-state index >= 15 is 0 Å². The van der Waals surface area contributed by atoms with Crippen molar-refractivity contribution in [2.75, 3.05) is 11.9 Å². The molecule has 0 amide bonds. The van der Waals surface area contributed by atoms with Crippen molar-refractivity contribution in [3.63, 3.8) is 0 Å². The van der Waals surface area contributed by atoms with Crippen molar-refractivity contribution in [3.05, 3.63) is 36.0 Å². The molecular formula is C15H14N2O2. The first-order valence-corrected chi connectivity index (χ1v) is 6.03. The van der Waals surface area contributed by atoms with Gasteiger partial charge >= 0.3 is 5.97 Å². The van der Waals surface area contributed by atoms with Crippen molar-refractivity contribution in [3.8, 4) is 12.3 Å². The van der Waals surface area contributed by atoms with E-state index in [2.05, 4.69) is 16.2 Å². The highest BCUT2D eigenvalue weighted by molar-refractivity contribution is 5.97. The highest BCUT2D eigenvalue weighted by Crippen LogP contribution is 2.23. The predicted molar refractivity (Wildman–Crippen MR) is 75.3 cm³/mol. The molecule has 0 fully saturated rings. The summed E-state index contributed by atoms with van der Waals surface area (Å²) in [5.74, 6) is 1.54. The Morgan fingerprint density at radius 2 is 2.21 bits per heavy atom. The number of carbonyl (C=O) groups is 1. The minimum absolute atomic E-state index is 0.0400. The molecule has 0 atom stereocenters. The van der Waals surface area contributed by atoms with Crippen LogP contribution in [0.5, 0.6) is 0 Å². The summed E-state index contributed by atoms with van der Waals surface area (Å²) in [6.45, 7) is 0.706. The fourth-order valence-electron chi connectivity index (χ4n) is 1.84. The van der Waals surface area contributed by atoms with Crippen LogP contribution in [-0.4, -0.2) is 22.6 Å². The van der Waals surface area contributed by atoms with Gasteiger partial charge in [0.15, 0.2) is 5.69 Å². The summed E-state index contributed by atoms with van der Waals surface area (Å²) >= 11 is 0. The molecule has 0 radical (unpaired) electrons. The van der Waals surface area contributed by atoms with Crippen LogP contribution in [-0.2, 0) is 0 Å². The molecule has 0 unspecified atom stereocenters. The standard InChI is InChI=1S/C15H14N2O2/c1-2-3-6-9-16-13-10-14(15(18)19)17-12-8-5-4-7-11(12)13/h1,4-5,7-8,10H,3,6,9H2,(H,16,17)(H,18,19). The molecule has 4 heteroatoms. The van der Waals surface area contributed by atoms with Crippen LogP contribution >= 0.6 is 0 Å². The largest absolute Gasteiger partial charge is 0.477 e. The lowest BCUT2D eigenvalue weighted by Gasteiger charge is -2.10. The van der Waals surface area contributed by atoms with Crippen molar-refractivity contribution in [1.82, 2.24) is 4.98 Å². The lowest BCUT2D eigenvalue weighted by Crippen LogP contribution is -2.06. The van der Waals surface area contributed by atoms with Gasteiger partial charge in [-0.15, -0.1) is 12.3 Å². The fraction of sp³-hybridized carbons (Fsp3) is 0.200. The van der Waals surface area contributed by atoms with Gasteiger partial charge in [0, 0.05) is 24.0 Å². The van der Waals surface area contributed by atoms with Crippen LogP contribution in [0.15, 0.2) is 30.3 Å². The maximum Gasteiger partial charge on any atom is 0.354 e. The highest BCUT2D eigenvalue weighted by Gasteiger charge is 2.10. The second kappa shape index (κ2) is 5.87. The number of aromatic nitrogens is 1. The molecule has 0 spiro atoms. The number of anilines is 1. The molecule has 0 aliphatic carbocycles. The Morgan fingerprint density at radius 1 is 1.42 bits per heavy atom. The Balaban J connectivity index is 2.34. The molecule has 1 heterocycles. The van der Waals surface area contributed by atoms with Crippen LogP contribution in [0.25, 0.3) is 10.9 Å². The van der Waals surface area contributed by atoms with Gasteiger partial charge in [-0.3, -0.25) is 0 Å². The number of fused-ring (bicyclic) bond motifs is 1. The van der Waals surface area contributed by atoms with Crippen LogP contribution in [0.4, 0.5) is 5.69 Å². The lowest BCUT2D eigenvalue weighted by atomic mass is 10.1. The number of terminal acetylenes is 1. The number of pyridine rings is 1. The quantitative estimate of drug-likeness (QED) is 0.636. The van der Waals surface area contributed by atoms with E-state index in [1.165, 1.54) is 0 Å². The monoisotopic (exact) mass is 254 g/mol. The summed E-state index contributed by atoms with van der Waals surface area (Å²) in [6, 6.07) is 9.01. The van der Waals surface area contributed by atoms with E-state index in [1.54, 1.807) is 12.1 Å². The minimum Gasteiger partial charge on any atom is -0.477 e. The molecule has 19 heavy (non-hydrogen) atoms. The average Bonchev–Trinajstić information content (AvgIpc) is 2.43. The van der Waals surface area contributed by atoms with Crippen molar-refractivity contribution in [1.29, 1.82) is 0 Å². The van der Waals surface area contributed by atoms with Crippen LogP contribution in [0, 0.1) is 12.3 Å². The number of nitrogens with zero attached hydrogens (tertiary/aromatic N) is 1. The molecular weight excluding hydrogens is 240 g/mol. The van der Waals surface area contributed by atoms with Gasteiger partial charge in [0.05, 0.1) is 5.52 Å². The summed E-state index contributed by atoms with van der Waals surface area (Å²) in [5.41, 5.74) is 1.49. The van der Waals surface area contributed by atoms with Gasteiger partial charge in [0.1, 0.15) is 0 Å². The Labute approximate surface area is 111 Å². The molecule has 2 aromatic rings. The Kier molecular flexibility index (Phi) is 3.99. The molecule has 0 aliphatic rings. The van der Waals surface area contributed by atoms with E-state index in [1.807, 2.05) is 18.2 Å². The third-order valence-electron chi connectivity index (χ3n) is 2.75. The average molecular weight is 254 g/mol. The molecule has 0 bridgehead atoms. The Morgan fingerprint density at radius 3 is 2.95 bits per heavy atom. The highest BCUT2D eigenvalue weighted by atomic mass is 16.4. The number of carboxylic acids is 1. The topological polar surface area (TPSA) is 62.2 Å². The number of aromatic carboxylic acids is 1. The molecule has 4 nitrogen and oxygen atoms in total. The van der Waals surface area contributed by atoms with Gasteiger partial charge in [0.25, 0.3) is 0 Å². The van der Waals surface area contributed by atoms with Crippen LogP contribution in [0.2, 0.25) is 0 Å². The maximum atomic E-state index is 11.1. The summed E-state index contributed by atoms with van der Waals surface area (Å²) in [4.78, 5) is 15.2. The number of nitrogens with one attached hydrogen (secondary N) is 1. The maximum absolute atomic E-state index is 11.1. The first-order valence-electron chi connectivity index (χ1n) is 6.03. The fourth-order valence-corrected chi connectivity index (χ4v) is 1.84. The Hall–Kier alpha value is -2.54. The predicted octanol–water partition coefficient (Wildman–Crippen LogP) is 2.76. The number of hydrogen-bond acceptors (Lipinski definition) is 3. The molecule has 0 aliphatic heterocycles. The number of rotatable bonds is 5. The molecule has 2 rings (SSSR count). The third-order valence-corrected chi connectivity index (χ3v) is 2.75. The normalized spacial score (nSPS) is 10.1. The number of carboxylic acid groups (broad SMARTS) is 1. The van der Waals surface area contributed by atoms with Crippen molar-refractivity contribution in [2.45, 2.75) is 12.8 Å². The molecule has 1 aromatic heterocycles. The number of hydrogen-bond donors (Lipinski definition) is 2. The van der Waals surface area contributed by atoms with E-state index in [9.17, 15) is 4.79 Å². The van der Waals surface area contributed by atoms with Gasteiger partial charge < -0.3 is 10.4 Å². The molecule has 0 saturated carbocycles. The van der Waals surface area contributed by atoms with Gasteiger partial charge in [-0.05, 0) is 18.6 Å². The lowest BCUT2D eigenvalue weighted by molar-refractivity contribution is 0.0691. The smallest absolute Gasteiger partial charge is 0.354 e. The third kappa shape index (κ3) is 3.02. The van der Waals surface area contributed by atoms with Gasteiger partial charge in [-0.25, -0.2) is 9.78 Å². The molecule has 0 saturated heterocycles. The number of unbranched alkanes of at least 4 members (excludes halogenated alkanes) is 1. The second-order valence-corrected chi connectivity index (χ2v) is 4.11. The summed E-state index contributed by atoms with van der Waals surface area (Å²) in [7, 11) is 0. The van der Waals surface area contributed by atoms with Crippen molar-refractivity contribution >= 4 is 22.6 Å². The van der Waals surface area contributed by atoms with E-state index in [4.69, 9.17) is 11.5 Å². The second-order valence-electron chi connectivity index (χ2n) is 4.11. The van der Waals surface area contributed by atoms with E-state index in [0.717, 1.165) is 17.5 Å². The van der Waals surface area contributed by atoms with Crippen LogP contribution < -0.4 is 5.32 Å². The van der Waals surface area contributed by atoms with Gasteiger partial charge in [-0.1, -0.05) is 18.2 Å². The summed E-state index contributed by atoms with van der Waals surface area (Å²) < 4.78 is 0. The van der Waals surface area contributed by atoms with E-state index in [0.29, 0.717) is 18.5 Å². The van der Waals surface area contributed by atoms with Crippen LogP contribution in [0.3, 0.4) is 0 Å². The molecule has 2 N–H and O–H groups in total. The van der Waals surface area contributed by atoms with Crippen molar-refractivity contribution < 1.29 is 9.90 Å². The van der Waals surface area contributed by atoms with Crippen LogP contribution in [0.1, 0.15) is 23.3 Å². The first-order chi connectivity index (χ1) is 9.22. The minimum atomic E-state index is -1.03. The molecule has 96 valence electrons. The van der Waals surface area contributed by atoms with Gasteiger partial charge in [0.2, 0.25) is 0 Å². The number of benzene rings is 1. The number of para-hydroxylation sites is 1. The zero-order valence-electron chi connectivity index (χ0n) is 10.4. The summed E-state index contributed by atoms with van der Waals surface area (Å²) in [5, 5.41) is 13.2. The SMILES string of the molecule is C#CCCCNc1cc(C(=O)O)nc2ccccc12. The first kappa shape index (κ1) is 12.9. The zero-order valence-corrected chi connectivity index (χ0v) is 10.4. The molecule has 1 aromatic carbocycles. The van der Waals surface area contributed by atoms with E-state index in [-0.39, 0.29) is 5.69 Å². The summed E-state index contributed by atoms with van der Waals surface area (Å²) in [6.07, 6.45) is 6.74. The zero-order chi connectivity index (χ0) is 13.7. The van der Waals surface area contributed by atoms with E-state index < -0.39 is 5.97 Å².